The molecular formula is C12H20N2O4. The van der Waals surface area contributed by atoms with Gasteiger partial charge in [0.2, 0.25) is 0 Å². The first-order valence-electron chi connectivity index (χ1n) is 6.24. The predicted octanol–water partition coefficient (Wildman–Crippen LogP) is 1.05. The van der Waals surface area contributed by atoms with Gasteiger partial charge in [0.15, 0.2) is 0 Å². The molecule has 0 aromatic heterocycles. The van der Waals surface area contributed by atoms with E-state index >= 15 is 0 Å². The van der Waals surface area contributed by atoms with Crippen LogP contribution in [-0.4, -0.2) is 41.5 Å². The van der Waals surface area contributed by atoms with E-state index in [0.717, 1.165) is 17.7 Å². The van der Waals surface area contributed by atoms with Crippen LogP contribution >= 0.6 is 0 Å². The minimum absolute atomic E-state index is 0.316. The van der Waals surface area contributed by atoms with Crippen molar-refractivity contribution < 1.29 is 19.1 Å². The van der Waals surface area contributed by atoms with Crippen LogP contribution in [-0.2, 0) is 14.3 Å². The maximum Gasteiger partial charge on any atom is 0.326 e. The number of amides is 3. The topological polar surface area (TPSA) is 75.7 Å². The smallest absolute Gasteiger partial charge is 0.326 e. The molecule has 1 aliphatic rings. The number of urea groups is 1. The number of rotatable bonds is 6. The quantitative estimate of drug-likeness (QED) is 0.438. The van der Waals surface area contributed by atoms with Crippen LogP contribution in [0, 0.1) is 0 Å². The van der Waals surface area contributed by atoms with Gasteiger partial charge < -0.3 is 10.1 Å². The lowest BCUT2D eigenvalue weighted by Crippen LogP contribution is -2.43. The fraction of sp³-hybridized carbons (Fsp3) is 0.750. The molecule has 1 atom stereocenters. The summed E-state index contributed by atoms with van der Waals surface area (Å²) in [7, 11) is 0. The Balaban J connectivity index is 2.55. The summed E-state index contributed by atoms with van der Waals surface area (Å²) in [6.45, 7) is 5.45. The number of carbonyl (C=O) groups excluding carboxylic acids is 3. The van der Waals surface area contributed by atoms with Crippen molar-refractivity contribution in [2.24, 2.45) is 0 Å². The van der Waals surface area contributed by atoms with Crippen LogP contribution in [0.25, 0.3) is 0 Å². The summed E-state index contributed by atoms with van der Waals surface area (Å²) in [6.07, 6.45) is 2.18. The highest BCUT2D eigenvalue weighted by molar-refractivity contribution is 6.08. The van der Waals surface area contributed by atoms with E-state index in [1.165, 1.54) is 0 Å². The van der Waals surface area contributed by atoms with Crippen molar-refractivity contribution in [3.8, 4) is 0 Å². The molecule has 6 heteroatoms. The molecule has 1 rings (SSSR count). The third kappa shape index (κ3) is 3.00. The zero-order valence-electron chi connectivity index (χ0n) is 11.1. The van der Waals surface area contributed by atoms with E-state index < -0.39 is 17.5 Å². The van der Waals surface area contributed by atoms with Gasteiger partial charge in [-0.2, -0.15) is 0 Å². The third-order valence-electron chi connectivity index (χ3n) is 3.10. The van der Waals surface area contributed by atoms with Crippen molar-refractivity contribution >= 4 is 17.9 Å². The molecule has 0 aromatic carbocycles. The molecule has 0 radical (unpaired) electrons. The van der Waals surface area contributed by atoms with Crippen molar-refractivity contribution in [1.29, 1.82) is 0 Å². The number of carbonyl (C=O) groups is 3. The Morgan fingerprint density at radius 3 is 2.56 bits per heavy atom. The minimum Gasteiger partial charge on any atom is -0.464 e. The van der Waals surface area contributed by atoms with Gasteiger partial charge in [-0.15, -0.1) is 0 Å². The summed E-state index contributed by atoms with van der Waals surface area (Å²) in [5.74, 6) is -0.922. The molecule has 1 heterocycles. The predicted molar refractivity (Wildman–Crippen MR) is 64.8 cm³/mol. The second-order valence-corrected chi connectivity index (χ2v) is 4.58. The Morgan fingerprint density at radius 2 is 2.06 bits per heavy atom. The molecule has 0 saturated carbocycles. The molecule has 0 bridgehead atoms. The summed E-state index contributed by atoms with van der Waals surface area (Å²) in [5.41, 5.74) is -0.902. The number of esters is 1. The molecule has 3 amide bonds. The number of nitrogens with one attached hydrogen (secondary N) is 1. The Labute approximate surface area is 107 Å². The number of imide groups is 1. The van der Waals surface area contributed by atoms with Crippen LogP contribution in [0.3, 0.4) is 0 Å². The van der Waals surface area contributed by atoms with Gasteiger partial charge in [0, 0.05) is 0 Å². The largest absolute Gasteiger partial charge is 0.464 e. The van der Waals surface area contributed by atoms with E-state index in [1.807, 2.05) is 6.92 Å². The van der Waals surface area contributed by atoms with Gasteiger partial charge >= 0.3 is 12.0 Å². The van der Waals surface area contributed by atoms with E-state index in [1.54, 1.807) is 13.8 Å². The second-order valence-electron chi connectivity index (χ2n) is 4.58. The lowest BCUT2D eigenvalue weighted by molar-refractivity contribution is -0.147. The van der Waals surface area contributed by atoms with Crippen molar-refractivity contribution in [1.82, 2.24) is 10.2 Å². The molecule has 6 nitrogen and oxygen atoms in total. The Morgan fingerprint density at radius 1 is 1.39 bits per heavy atom. The normalized spacial score (nSPS) is 23.2. The monoisotopic (exact) mass is 256 g/mol. The summed E-state index contributed by atoms with van der Waals surface area (Å²) in [6, 6.07) is -0.531. The first kappa shape index (κ1) is 14.5. The lowest BCUT2D eigenvalue weighted by Gasteiger charge is -2.18. The number of hydrogen-bond donors (Lipinski definition) is 1. The van der Waals surface area contributed by atoms with Crippen LogP contribution in [0.2, 0.25) is 0 Å². The number of ether oxygens (including phenoxy) is 1. The van der Waals surface area contributed by atoms with E-state index in [2.05, 4.69) is 5.32 Å². The summed E-state index contributed by atoms with van der Waals surface area (Å²) >= 11 is 0. The van der Waals surface area contributed by atoms with E-state index in [-0.39, 0.29) is 12.5 Å². The summed E-state index contributed by atoms with van der Waals surface area (Å²) in [5, 5.41) is 2.58. The van der Waals surface area contributed by atoms with Crippen molar-refractivity contribution in [3.05, 3.63) is 0 Å². The van der Waals surface area contributed by atoms with Gasteiger partial charge in [-0.05, 0) is 19.8 Å². The highest BCUT2D eigenvalue weighted by Crippen LogP contribution is 2.20. The summed E-state index contributed by atoms with van der Waals surface area (Å²) < 4.78 is 4.93. The number of nitrogens with zero attached hydrogens (tertiary/aromatic N) is 1. The van der Waals surface area contributed by atoms with E-state index in [9.17, 15) is 14.4 Å². The molecule has 1 aliphatic heterocycles. The third-order valence-corrected chi connectivity index (χ3v) is 3.10. The number of hydrogen-bond acceptors (Lipinski definition) is 4. The second kappa shape index (κ2) is 5.84. The molecule has 0 spiro atoms. The number of unbranched alkanes of at least 4 members (excludes halogenated alkanes) is 1. The zero-order valence-corrected chi connectivity index (χ0v) is 11.1. The Kier molecular flexibility index (Phi) is 4.69. The minimum atomic E-state index is -0.902. The maximum atomic E-state index is 12.0. The average molecular weight is 256 g/mol. The molecule has 0 aromatic rings. The first-order chi connectivity index (χ1) is 8.44. The zero-order chi connectivity index (χ0) is 13.8. The highest BCUT2D eigenvalue weighted by atomic mass is 16.5. The van der Waals surface area contributed by atoms with Crippen molar-refractivity contribution in [3.63, 3.8) is 0 Å². The van der Waals surface area contributed by atoms with Gasteiger partial charge in [-0.25, -0.2) is 4.79 Å². The van der Waals surface area contributed by atoms with Crippen LogP contribution < -0.4 is 5.32 Å². The lowest BCUT2D eigenvalue weighted by atomic mass is 9.99. The fourth-order valence-corrected chi connectivity index (χ4v) is 1.64. The van der Waals surface area contributed by atoms with Gasteiger partial charge in [0.05, 0.1) is 6.61 Å². The summed E-state index contributed by atoms with van der Waals surface area (Å²) in [4.78, 5) is 36.0. The molecular weight excluding hydrogens is 236 g/mol. The SMILES string of the molecule is CCCCOC(=O)CN1C(=O)N[C@@](C)(CC)C1=O. The molecule has 1 N–H and O–H groups in total. The Hall–Kier alpha value is -1.59. The van der Waals surface area contributed by atoms with Gasteiger partial charge in [-0.3, -0.25) is 14.5 Å². The Bertz CT molecular complexity index is 356. The molecule has 0 unspecified atom stereocenters. The van der Waals surface area contributed by atoms with Crippen LogP contribution in [0.5, 0.6) is 0 Å². The standard InChI is InChI=1S/C12H20N2O4/c1-4-6-7-18-9(15)8-14-10(16)12(3,5-2)13-11(14)17/h4-8H2,1-3H3,(H,13,17)/t12-/m0/s1. The van der Waals surface area contributed by atoms with Gasteiger partial charge in [0.25, 0.3) is 5.91 Å². The highest BCUT2D eigenvalue weighted by Gasteiger charge is 2.47. The van der Waals surface area contributed by atoms with Crippen molar-refractivity contribution in [2.45, 2.75) is 45.6 Å². The van der Waals surface area contributed by atoms with Crippen LogP contribution in [0.1, 0.15) is 40.0 Å². The van der Waals surface area contributed by atoms with Crippen LogP contribution in [0.15, 0.2) is 0 Å². The first-order valence-corrected chi connectivity index (χ1v) is 6.24. The molecule has 1 saturated heterocycles. The molecule has 0 aliphatic carbocycles. The molecule has 102 valence electrons. The van der Waals surface area contributed by atoms with Gasteiger partial charge in [-0.1, -0.05) is 20.3 Å². The average Bonchev–Trinajstić information content (AvgIpc) is 2.54. The van der Waals surface area contributed by atoms with E-state index in [4.69, 9.17) is 4.74 Å². The molecule has 1 fully saturated rings. The molecule has 18 heavy (non-hydrogen) atoms. The van der Waals surface area contributed by atoms with Crippen molar-refractivity contribution in [2.75, 3.05) is 13.2 Å². The van der Waals surface area contributed by atoms with Crippen LogP contribution in [0.4, 0.5) is 4.79 Å². The van der Waals surface area contributed by atoms with E-state index in [0.29, 0.717) is 13.0 Å². The van der Waals surface area contributed by atoms with Gasteiger partial charge in [0.1, 0.15) is 12.1 Å². The fourth-order valence-electron chi connectivity index (χ4n) is 1.64. The maximum absolute atomic E-state index is 12.0.